The Balaban J connectivity index is 1.28. The summed E-state index contributed by atoms with van der Waals surface area (Å²) in [4.78, 5) is 79.4. The maximum absolute atomic E-state index is 14.4. The van der Waals surface area contributed by atoms with Crippen LogP contribution in [0.4, 0.5) is 14.7 Å². The second kappa shape index (κ2) is 22.1. The highest BCUT2D eigenvalue weighted by molar-refractivity contribution is 7.80. The van der Waals surface area contributed by atoms with Crippen molar-refractivity contribution in [2.24, 2.45) is 5.16 Å². The molecule has 22 nitrogen and oxygen atoms in total. The summed E-state index contributed by atoms with van der Waals surface area (Å²) in [7, 11) is -5.13. The average molecular weight is 1040 g/mol. The number of nitrogens with one attached hydrogen (secondary N) is 4. The van der Waals surface area contributed by atoms with Crippen molar-refractivity contribution < 1.29 is 65.0 Å². The Bertz CT molecular complexity index is 2740. The molecule has 3 aromatic carbocycles. The van der Waals surface area contributed by atoms with Gasteiger partial charge in [0.2, 0.25) is 0 Å². The molecule has 2 aliphatic rings. The number of thiazole rings is 1. The Morgan fingerprint density at radius 1 is 0.917 bits per heavy atom. The summed E-state index contributed by atoms with van der Waals surface area (Å²) in [6, 6.07) is 22.6. The van der Waals surface area contributed by atoms with Crippen molar-refractivity contribution in [1.29, 1.82) is 5.41 Å². The summed E-state index contributed by atoms with van der Waals surface area (Å²) in [5, 5.41) is 21.4. The molecule has 2 aliphatic heterocycles. The van der Waals surface area contributed by atoms with Crippen LogP contribution in [0, 0.1) is 12.3 Å². The van der Waals surface area contributed by atoms with E-state index in [0.29, 0.717) is 46.1 Å². The van der Waals surface area contributed by atoms with Crippen LogP contribution in [0.2, 0.25) is 0 Å². The van der Waals surface area contributed by atoms with Crippen molar-refractivity contribution in [3.8, 4) is 5.75 Å². The number of hydroxylamine groups is 2. The fraction of sp³-hybridized carbons (Fsp3) is 0.417. The largest absolute Gasteiger partial charge is 0.489 e. The minimum atomic E-state index is -5.13. The average Bonchev–Trinajstić information content (AvgIpc) is 3.92. The van der Waals surface area contributed by atoms with Gasteiger partial charge in [-0.1, -0.05) is 65.8 Å². The lowest BCUT2D eigenvalue weighted by Crippen LogP contribution is -2.76. The Morgan fingerprint density at radius 2 is 1.51 bits per heavy atom. The summed E-state index contributed by atoms with van der Waals surface area (Å²) in [5.41, 5.74) is -2.07. The number of β-lactam (4-membered cyclic amide) rings is 1. The van der Waals surface area contributed by atoms with Crippen LogP contribution in [0.25, 0.3) is 0 Å². The first-order valence-electron chi connectivity index (χ1n) is 22.6. The topological polar surface area (TPSA) is 287 Å². The number of nitrogens with zero attached hydrogens (tertiary/aromatic N) is 4. The molecule has 0 unspecified atom stereocenters. The number of amides is 4. The van der Waals surface area contributed by atoms with Gasteiger partial charge >= 0.3 is 28.6 Å². The van der Waals surface area contributed by atoms with Crippen LogP contribution >= 0.6 is 11.3 Å². The minimum Gasteiger partial charge on any atom is -0.489 e. The second-order valence-corrected chi connectivity index (χ2v) is 21.4. The van der Waals surface area contributed by atoms with Crippen molar-refractivity contribution in [1.82, 2.24) is 25.6 Å². The van der Waals surface area contributed by atoms with E-state index in [4.69, 9.17) is 29.2 Å². The van der Waals surface area contributed by atoms with Crippen LogP contribution in [0.1, 0.15) is 95.2 Å². The Morgan fingerprint density at radius 3 is 2.07 bits per heavy atom. The molecule has 24 heteroatoms. The summed E-state index contributed by atoms with van der Waals surface area (Å²) < 4.78 is 59.8. The summed E-state index contributed by atoms with van der Waals surface area (Å²) in [6.07, 6.45) is -3.33. The highest BCUT2D eigenvalue weighted by atomic mass is 32.3. The zero-order valence-electron chi connectivity index (χ0n) is 41.1. The molecule has 5 N–H and O–H groups in total. The Hall–Kier alpha value is -7.15. The maximum atomic E-state index is 14.4. The normalized spacial score (nSPS) is 17.3. The first-order chi connectivity index (χ1) is 33.7. The molecule has 0 bridgehead atoms. The van der Waals surface area contributed by atoms with E-state index in [0.717, 1.165) is 11.3 Å². The van der Waals surface area contributed by atoms with Gasteiger partial charge in [0.05, 0.1) is 5.54 Å². The second-order valence-electron chi connectivity index (χ2n) is 19.2. The third-order valence-electron chi connectivity index (χ3n) is 10.7. The number of esters is 1. The Kier molecular flexibility index (Phi) is 16.6. The number of ether oxygens (including phenoxy) is 4. The van der Waals surface area contributed by atoms with Crippen LogP contribution in [0.5, 0.6) is 5.75 Å². The number of likely N-dealkylation sites (tertiary alicyclic amines) is 1. The minimum absolute atomic E-state index is 0.0179. The van der Waals surface area contributed by atoms with Gasteiger partial charge in [-0.25, -0.2) is 19.4 Å². The number of rotatable bonds is 17. The number of amidine groups is 1. The smallest absolute Gasteiger partial charge is 0.418 e. The van der Waals surface area contributed by atoms with Crippen molar-refractivity contribution >= 4 is 68.4 Å². The fourth-order valence-electron chi connectivity index (χ4n) is 7.25. The van der Waals surface area contributed by atoms with E-state index in [9.17, 15) is 36.9 Å². The molecule has 0 aliphatic carbocycles. The molecule has 0 saturated carbocycles. The zero-order chi connectivity index (χ0) is 52.8. The predicted molar refractivity (Wildman–Crippen MR) is 263 cm³/mol. The maximum Gasteiger partial charge on any atom is 0.418 e. The van der Waals surface area contributed by atoms with Crippen molar-refractivity contribution in [2.45, 2.75) is 110 Å². The fourth-order valence-corrected chi connectivity index (χ4v) is 8.51. The van der Waals surface area contributed by atoms with Gasteiger partial charge in [-0.05, 0) is 104 Å². The van der Waals surface area contributed by atoms with E-state index < -0.39 is 87.7 Å². The number of hydrogen-bond donors (Lipinski definition) is 5. The number of oxime groups is 1. The number of hydrogen-bond acceptors (Lipinski definition) is 17. The van der Waals surface area contributed by atoms with E-state index in [2.05, 4.69) is 30.4 Å². The molecule has 6 rings (SSSR count). The third-order valence-corrected chi connectivity index (χ3v) is 11.9. The van der Waals surface area contributed by atoms with Gasteiger partial charge in [0.1, 0.15) is 41.1 Å². The predicted octanol–water partition coefficient (Wildman–Crippen LogP) is 6.06. The summed E-state index contributed by atoms with van der Waals surface area (Å²) >= 11 is 0.941. The van der Waals surface area contributed by atoms with Crippen LogP contribution < -0.4 is 20.7 Å². The number of anilines is 1. The summed E-state index contributed by atoms with van der Waals surface area (Å²) in [5.74, 6) is -2.78. The van der Waals surface area contributed by atoms with Crippen LogP contribution in [0.15, 0.2) is 90.1 Å². The number of aryl methyl sites for hydroxylation is 1. The van der Waals surface area contributed by atoms with E-state index in [1.165, 1.54) is 13.8 Å². The number of carbonyl (C=O) groups is 5. The molecule has 2 fully saturated rings. The van der Waals surface area contributed by atoms with E-state index in [1.54, 1.807) is 138 Å². The van der Waals surface area contributed by atoms with Gasteiger partial charge in [-0.3, -0.25) is 24.9 Å². The molecule has 4 aromatic rings. The molecule has 386 valence electrons. The lowest BCUT2D eigenvalue weighted by molar-refractivity contribution is -0.218. The molecule has 0 spiro atoms. The van der Waals surface area contributed by atoms with Crippen LogP contribution in [0.3, 0.4) is 0 Å². The number of carbonyl (C=O) groups excluding carboxylic acids is 5. The van der Waals surface area contributed by atoms with Crippen molar-refractivity contribution in [2.75, 3.05) is 25.0 Å². The standard InChI is InChI=1S/C48H58N8O14S2/c1-28-35(51-43(71-28)53-44(60)67-46(2,3)4)36(40(57)52-38-41(58)56(48(38,8)9)70-72(62,63)64)54-69-34(42(59)66-37(29-16-12-10-13-17-29)30-18-14-11-15-19-30)27-65-33-22-20-31(21-23-33)39(49)50-32-24-25-55(26-32)45(61)68-47(5,6)7/h10-23,32,34,37-38H,24-27H2,1-9H3,(H2,49,50)(H,52,57)(H,51,53,60)(H,62,63,64)/b54-36-/t32-,34-,38+/m0/s1. The van der Waals surface area contributed by atoms with Gasteiger partial charge in [0, 0.05) is 29.6 Å². The first-order valence-corrected chi connectivity index (χ1v) is 24.8. The molecule has 72 heavy (non-hydrogen) atoms. The summed E-state index contributed by atoms with van der Waals surface area (Å²) in [6.45, 7) is 14.9. The molecular weight excluding hydrogens is 977 g/mol. The van der Waals surface area contributed by atoms with Gasteiger partial charge in [-0.2, -0.15) is 13.5 Å². The SMILES string of the molecule is Cc1sc(NC(=O)OC(C)(C)C)nc1/C(=N/O[C@@H](COc1ccc(C(=N)N[C@H]2CCN(C(=O)OC(C)(C)C)C2)cc1)C(=O)OC(c1ccccc1)c1ccccc1)C(=O)N[C@@H]1C(=O)N(OS(=O)(=O)O)C1(C)C. The monoisotopic (exact) mass is 1030 g/mol. The van der Waals surface area contributed by atoms with E-state index >= 15 is 0 Å². The van der Waals surface area contributed by atoms with E-state index in [1.807, 2.05) is 0 Å². The van der Waals surface area contributed by atoms with Gasteiger partial charge < -0.3 is 39.3 Å². The van der Waals surface area contributed by atoms with Gasteiger partial charge in [0.25, 0.3) is 17.9 Å². The highest BCUT2D eigenvalue weighted by Crippen LogP contribution is 2.34. The lowest BCUT2D eigenvalue weighted by atomic mass is 9.84. The van der Waals surface area contributed by atoms with Gasteiger partial charge in [-0.15, -0.1) is 15.6 Å². The van der Waals surface area contributed by atoms with Gasteiger partial charge in [0.15, 0.2) is 16.9 Å². The molecule has 1 aromatic heterocycles. The quantitative estimate of drug-likeness (QED) is 0.0153. The Labute approximate surface area is 420 Å². The van der Waals surface area contributed by atoms with E-state index in [-0.39, 0.29) is 28.5 Å². The lowest BCUT2D eigenvalue weighted by Gasteiger charge is -2.50. The molecule has 4 amide bonds. The molecule has 0 radical (unpaired) electrons. The highest BCUT2D eigenvalue weighted by Gasteiger charge is 2.58. The molecular formula is C48H58N8O14S2. The first kappa shape index (κ1) is 54.2. The third kappa shape index (κ3) is 14.5. The van der Waals surface area contributed by atoms with Crippen molar-refractivity contribution in [3.05, 3.63) is 112 Å². The number of aromatic nitrogens is 1. The van der Waals surface area contributed by atoms with Crippen LogP contribution in [-0.4, -0.2) is 124 Å². The van der Waals surface area contributed by atoms with Crippen molar-refractivity contribution in [3.63, 3.8) is 0 Å². The molecule has 3 heterocycles. The molecule has 3 atom stereocenters. The molecule has 2 saturated heterocycles. The van der Waals surface area contributed by atoms with Crippen LogP contribution in [-0.2, 0) is 48.1 Å². The zero-order valence-corrected chi connectivity index (χ0v) is 42.7. The number of benzene rings is 3.